The molecule has 3 aromatic heterocycles. The topological polar surface area (TPSA) is 85.8 Å². The third-order valence-electron chi connectivity index (χ3n) is 4.96. The number of carbonyl (C=O) groups excluding carboxylic acids is 1. The van der Waals surface area contributed by atoms with E-state index in [1.54, 1.807) is 0 Å². The average molecular weight is 459 g/mol. The summed E-state index contributed by atoms with van der Waals surface area (Å²) in [6, 6.07) is 2.08. The molecule has 32 heavy (non-hydrogen) atoms. The zero-order chi connectivity index (χ0) is 23.3. The molecule has 0 spiro atoms. The van der Waals surface area contributed by atoms with Crippen LogP contribution in [0.2, 0.25) is 0 Å². The Morgan fingerprint density at radius 1 is 1.16 bits per heavy atom. The molecule has 13 heteroatoms. The molecule has 3 aromatic rings. The van der Waals surface area contributed by atoms with Crippen LogP contribution >= 0.6 is 0 Å². The molecule has 170 valence electrons. The Kier molecular flexibility index (Phi) is 5.21. The van der Waals surface area contributed by atoms with Crippen LogP contribution < -0.4 is 5.32 Å². The maximum absolute atomic E-state index is 12.9. The molecule has 0 radical (unpaired) electrons. The van der Waals surface area contributed by atoms with Crippen molar-refractivity contribution >= 4 is 5.91 Å². The average Bonchev–Trinajstić information content (AvgIpc) is 3.32. The molecule has 0 unspecified atom stereocenters. The summed E-state index contributed by atoms with van der Waals surface area (Å²) in [5, 5.41) is 5.93. The first-order valence-electron chi connectivity index (χ1n) is 9.39. The van der Waals surface area contributed by atoms with Gasteiger partial charge in [0.15, 0.2) is 5.69 Å². The van der Waals surface area contributed by atoms with Crippen LogP contribution in [0.25, 0.3) is 11.5 Å². The predicted octanol–water partition coefficient (Wildman–Crippen LogP) is 4.32. The largest absolute Gasteiger partial charge is 0.441 e. The highest BCUT2D eigenvalue weighted by atomic mass is 19.4. The van der Waals surface area contributed by atoms with Gasteiger partial charge in [0.25, 0.3) is 5.91 Å². The van der Waals surface area contributed by atoms with Gasteiger partial charge in [0, 0.05) is 31.3 Å². The summed E-state index contributed by atoms with van der Waals surface area (Å²) < 4.78 is 83.9. The highest BCUT2D eigenvalue weighted by Gasteiger charge is 2.36. The number of nitrogens with zero attached hydrogens (tertiary/aromatic N) is 4. The highest BCUT2D eigenvalue weighted by Crippen LogP contribution is 2.35. The van der Waals surface area contributed by atoms with E-state index in [1.165, 1.54) is 13.1 Å². The van der Waals surface area contributed by atoms with Crippen molar-refractivity contribution < 1.29 is 35.6 Å². The van der Waals surface area contributed by atoms with Gasteiger partial charge < -0.3 is 9.73 Å². The van der Waals surface area contributed by atoms with Crippen LogP contribution in [0.15, 0.2) is 28.8 Å². The number of fused-ring (bicyclic) bond motifs is 1. The summed E-state index contributed by atoms with van der Waals surface area (Å²) in [5.41, 5.74) is -2.21. The minimum Gasteiger partial charge on any atom is -0.441 e. The molecule has 0 saturated carbocycles. The Bertz CT molecular complexity index is 1160. The number of hydrogen-bond acceptors (Lipinski definition) is 5. The van der Waals surface area contributed by atoms with Gasteiger partial charge in [-0.3, -0.25) is 14.5 Å². The molecule has 3 heterocycles. The molecule has 0 aliphatic heterocycles. The lowest BCUT2D eigenvalue weighted by Gasteiger charge is -2.21. The molecular weight excluding hydrogens is 444 g/mol. The van der Waals surface area contributed by atoms with Gasteiger partial charge in [0.2, 0.25) is 5.89 Å². The van der Waals surface area contributed by atoms with E-state index < -0.39 is 35.7 Å². The number of aryl methyl sites for hydroxylation is 2. The monoisotopic (exact) mass is 459 g/mol. The molecule has 0 bridgehead atoms. The highest BCUT2D eigenvalue weighted by molar-refractivity contribution is 5.93. The standard InChI is InChI=1S/C19H15F6N5O2/c1-30-11(8-14(29-30)19(23,24)25)16(31)27-10-3-2-4-12-15(10)28-17(32-12)9-5-6-26-13(7-9)18(20,21)22/h5-8,10H,2-4H2,1H3,(H,27,31)/t10-/m0/s1. The minimum absolute atomic E-state index is 0.0632. The second kappa shape index (κ2) is 7.64. The maximum Gasteiger partial charge on any atom is 0.435 e. The lowest BCUT2D eigenvalue weighted by Crippen LogP contribution is -2.32. The van der Waals surface area contributed by atoms with E-state index in [9.17, 15) is 31.1 Å². The second-order valence-corrected chi connectivity index (χ2v) is 7.21. The lowest BCUT2D eigenvalue weighted by atomic mass is 9.96. The van der Waals surface area contributed by atoms with Gasteiger partial charge in [0.05, 0.1) is 6.04 Å². The second-order valence-electron chi connectivity index (χ2n) is 7.21. The Hall–Kier alpha value is -3.38. The Morgan fingerprint density at radius 3 is 2.53 bits per heavy atom. The number of halogens is 6. The molecule has 1 atom stereocenters. The van der Waals surface area contributed by atoms with Crippen LogP contribution in [-0.4, -0.2) is 25.7 Å². The van der Waals surface area contributed by atoms with Crippen molar-refractivity contribution in [3.63, 3.8) is 0 Å². The molecule has 0 saturated heterocycles. The smallest absolute Gasteiger partial charge is 0.435 e. The molecular formula is C19H15F6N5O2. The van der Waals surface area contributed by atoms with E-state index in [4.69, 9.17) is 4.42 Å². The molecule has 1 amide bonds. The molecule has 7 nitrogen and oxygen atoms in total. The number of oxazole rings is 1. The molecule has 0 aromatic carbocycles. The summed E-state index contributed by atoms with van der Waals surface area (Å²) in [6.45, 7) is 0. The van der Waals surface area contributed by atoms with Crippen LogP contribution in [0.4, 0.5) is 26.3 Å². The fourth-order valence-corrected chi connectivity index (χ4v) is 3.45. The molecule has 4 rings (SSSR count). The van der Waals surface area contributed by atoms with Gasteiger partial charge in [-0.05, 0) is 25.0 Å². The number of aromatic nitrogens is 4. The number of amides is 1. The summed E-state index contributed by atoms with van der Waals surface area (Å²) in [4.78, 5) is 20.1. The van der Waals surface area contributed by atoms with Crippen LogP contribution in [0.1, 0.15) is 52.2 Å². The van der Waals surface area contributed by atoms with Crippen molar-refractivity contribution in [2.45, 2.75) is 37.7 Å². The van der Waals surface area contributed by atoms with Crippen LogP contribution in [0.3, 0.4) is 0 Å². The molecule has 1 aliphatic carbocycles. The SMILES string of the molecule is Cn1nc(C(F)(F)F)cc1C(=O)N[C@H]1CCCc2oc(-c3ccnc(C(F)(F)F)c3)nc21. The lowest BCUT2D eigenvalue weighted by molar-refractivity contribution is -0.142. The summed E-state index contributed by atoms with van der Waals surface area (Å²) in [6.07, 6.45) is -6.89. The van der Waals surface area contributed by atoms with Crippen molar-refractivity contribution in [3.8, 4) is 11.5 Å². The minimum atomic E-state index is -4.70. The van der Waals surface area contributed by atoms with Crippen molar-refractivity contribution in [2.75, 3.05) is 0 Å². The van der Waals surface area contributed by atoms with E-state index in [0.29, 0.717) is 36.8 Å². The van der Waals surface area contributed by atoms with Gasteiger partial charge in [-0.1, -0.05) is 0 Å². The molecule has 1 aliphatic rings. The fourth-order valence-electron chi connectivity index (χ4n) is 3.45. The van der Waals surface area contributed by atoms with Gasteiger partial charge in [-0.25, -0.2) is 4.98 Å². The number of pyridine rings is 1. The van der Waals surface area contributed by atoms with E-state index in [2.05, 4.69) is 20.4 Å². The van der Waals surface area contributed by atoms with Crippen LogP contribution in [-0.2, 0) is 25.8 Å². The Labute approximate surface area is 176 Å². The van der Waals surface area contributed by atoms with Crippen molar-refractivity contribution in [1.29, 1.82) is 0 Å². The van der Waals surface area contributed by atoms with Crippen molar-refractivity contribution in [3.05, 3.63) is 52.9 Å². The summed E-state index contributed by atoms with van der Waals surface area (Å²) in [5.74, 6) is -0.465. The van der Waals surface area contributed by atoms with E-state index in [0.717, 1.165) is 16.9 Å². The number of carbonyl (C=O) groups is 1. The fraction of sp³-hybridized carbons (Fsp3) is 0.368. The van der Waals surface area contributed by atoms with E-state index in [-0.39, 0.29) is 17.1 Å². The van der Waals surface area contributed by atoms with E-state index in [1.807, 2.05) is 0 Å². The summed E-state index contributed by atoms with van der Waals surface area (Å²) in [7, 11) is 1.21. The first-order chi connectivity index (χ1) is 14.9. The molecule has 0 fully saturated rings. The van der Waals surface area contributed by atoms with Gasteiger partial charge in [-0.2, -0.15) is 31.4 Å². The summed E-state index contributed by atoms with van der Waals surface area (Å²) >= 11 is 0. The molecule has 1 N–H and O–H groups in total. The zero-order valence-electron chi connectivity index (χ0n) is 16.4. The Morgan fingerprint density at radius 2 is 1.88 bits per heavy atom. The van der Waals surface area contributed by atoms with Crippen LogP contribution in [0, 0.1) is 0 Å². The van der Waals surface area contributed by atoms with E-state index >= 15 is 0 Å². The van der Waals surface area contributed by atoms with Gasteiger partial charge in [-0.15, -0.1) is 0 Å². The van der Waals surface area contributed by atoms with Crippen molar-refractivity contribution in [1.82, 2.24) is 25.1 Å². The first kappa shape index (κ1) is 21.8. The van der Waals surface area contributed by atoms with Gasteiger partial charge >= 0.3 is 12.4 Å². The normalized spacial score (nSPS) is 16.7. The predicted molar refractivity (Wildman–Crippen MR) is 96.1 cm³/mol. The first-order valence-corrected chi connectivity index (χ1v) is 9.39. The number of alkyl halides is 6. The number of nitrogens with one attached hydrogen (secondary N) is 1. The third-order valence-corrected chi connectivity index (χ3v) is 4.96. The maximum atomic E-state index is 12.9. The zero-order valence-corrected chi connectivity index (χ0v) is 16.4. The van der Waals surface area contributed by atoms with Crippen LogP contribution in [0.5, 0.6) is 0 Å². The number of rotatable bonds is 3. The number of hydrogen-bond donors (Lipinski definition) is 1. The Balaban J connectivity index is 1.60. The quantitative estimate of drug-likeness (QED) is 0.590. The third kappa shape index (κ3) is 4.18. The van der Waals surface area contributed by atoms with Gasteiger partial charge in [0.1, 0.15) is 22.8 Å². The van der Waals surface area contributed by atoms with Crippen molar-refractivity contribution in [2.24, 2.45) is 7.05 Å².